The van der Waals surface area contributed by atoms with Crippen molar-refractivity contribution in [3.63, 3.8) is 0 Å². The van der Waals surface area contributed by atoms with Gasteiger partial charge in [-0.2, -0.15) is 4.98 Å². The van der Waals surface area contributed by atoms with E-state index in [1.807, 2.05) is 26.0 Å². The van der Waals surface area contributed by atoms with Crippen molar-refractivity contribution in [1.82, 2.24) is 15.0 Å². The molecule has 3 N–H and O–H groups in total. The molecular weight excluding hydrogens is 300 g/mol. The first-order valence-electron chi connectivity index (χ1n) is 7.08. The fraction of sp³-hybridized carbons (Fsp3) is 0.333. The third kappa shape index (κ3) is 3.71. The van der Waals surface area contributed by atoms with Gasteiger partial charge in [-0.3, -0.25) is 0 Å². The first kappa shape index (κ1) is 16.2. The van der Waals surface area contributed by atoms with Crippen molar-refractivity contribution in [2.45, 2.75) is 26.7 Å². The fourth-order valence-corrected chi connectivity index (χ4v) is 2.24. The Morgan fingerprint density at radius 3 is 2.77 bits per heavy atom. The minimum atomic E-state index is 0.102. The minimum absolute atomic E-state index is 0.102. The Morgan fingerprint density at radius 2 is 2.14 bits per heavy atom. The summed E-state index contributed by atoms with van der Waals surface area (Å²) < 4.78 is 0. The largest absolute Gasteiger partial charge is 0.383 e. The van der Waals surface area contributed by atoms with Gasteiger partial charge in [-0.15, -0.1) is 0 Å². The van der Waals surface area contributed by atoms with Crippen LogP contribution in [0.3, 0.4) is 0 Å². The zero-order valence-corrected chi connectivity index (χ0v) is 13.6. The number of hydrogen-bond donors (Lipinski definition) is 3. The Balaban J connectivity index is 2.44. The molecule has 0 aliphatic heterocycles. The van der Waals surface area contributed by atoms with Crippen LogP contribution in [-0.2, 0) is 0 Å². The molecule has 7 heteroatoms. The lowest BCUT2D eigenvalue weighted by atomic mass is 10.1. The predicted molar refractivity (Wildman–Crippen MR) is 90.6 cm³/mol. The molecule has 0 radical (unpaired) electrons. The summed E-state index contributed by atoms with van der Waals surface area (Å²) in [6.07, 6.45) is 3.22. The van der Waals surface area contributed by atoms with E-state index < -0.39 is 0 Å². The van der Waals surface area contributed by atoms with Crippen LogP contribution >= 0.6 is 11.6 Å². The maximum Gasteiger partial charge on any atom is 0.225 e. The zero-order valence-electron chi connectivity index (χ0n) is 12.9. The van der Waals surface area contributed by atoms with Gasteiger partial charge in [0.2, 0.25) is 5.28 Å². The molecule has 116 valence electrons. The van der Waals surface area contributed by atoms with Crippen LogP contribution in [0.5, 0.6) is 0 Å². The quantitative estimate of drug-likeness (QED) is 0.557. The second kappa shape index (κ2) is 7.17. The SMILES string of the molecule is CCCC(=N)c1nc(Cl)nc(Nc2cc(C)ccn2)c1NC. The van der Waals surface area contributed by atoms with Crippen molar-refractivity contribution >= 4 is 34.6 Å². The van der Waals surface area contributed by atoms with Gasteiger partial charge in [-0.05, 0) is 42.6 Å². The molecule has 6 nitrogen and oxygen atoms in total. The van der Waals surface area contributed by atoms with Gasteiger partial charge in [-0.1, -0.05) is 13.3 Å². The lowest BCUT2D eigenvalue weighted by molar-refractivity contribution is 0.976. The molecule has 0 saturated heterocycles. The molecule has 0 spiro atoms. The summed E-state index contributed by atoms with van der Waals surface area (Å²) in [6, 6.07) is 3.83. The Kier molecular flexibility index (Phi) is 5.27. The van der Waals surface area contributed by atoms with Gasteiger partial charge in [0, 0.05) is 13.2 Å². The highest BCUT2D eigenvalue weighted by molar-refractivity contribution is 6.28. The molecule has 0 unspecified atom stereocenters. The molecule has 0 bridgehead atoms. The smallest absolute Gasteiger partial charge is 0.225 e. The standard InChI is InChI=1S/C15H19ClN6/c1-4-5-10(17)12-13(18-3)14(22-15(16)21-12)20-11-8-9(2)6-7-19-11/h6-8,17-18H,4-5H2,1-3H3,(H,19,20,21,22). The van der Waals surface area contributed by atoms with Crippen molar-refractivity contribution in [2.75, 3.05) is 17.7 Å². The summed E-state index contributed by atoms with van der Waals surface area (Å²) in [4.78, 5) is 12.7. The van der Waals surface area contributed by atoms with Crippen LogP contribution in [0.2, 0.25) is 5.28 Å². The molecule has 0 aliphatic carbocycles. The highest BCUT2D eigenvalue weighted by Crippen LogP contribution is 2.28. The maximum atomic E-state index is 8.15. The first-order chi connectivity index (χ1) is 10.5. The molecule has 2 heterocycles. The van der Waals surface area contributed by atoms with Gasteiger partial charge in [0.05, 0.1) is 5.71 Å². The molecule has 2 rings (SSSR count). The normalized spacial score (nSPS) is 10.4. The topological polar surface area (TPSA) is 86.6 Å². The number of halogens is 1. The summed E-state index contributed by atoms with van der Waals surface area (Å²) in [5.74, 6) is 1.18. The van der Waals surface area contributed by atoms with Gasteiger partial charge in [0.15, 0.2) is 5.82 Å². The van der Waals surface area contributed by atoms with Crippen molar-refractivity contribution in [3.05, 3.63) is 34.9 Å². The number of anilines is 3. The van der Waals surface area contributed by atoms with E-state index in [4.69, 9.17) is 17.0 Å². The van der Waals surface area contributed by atoms with E-state index in [-0.39, 0.29) is 5.28 Å². The summed E-state index contributed by atoms with van der Waals surface area (Å²) in [5, 5.41) is 14.4. The average molecular weight is 319 g/mol. The summed E-state index contributed by atoms with van der Waals surface area (Å²) >= 11 is 6.01. The number of hydrogen-bond acceptors (Lipinski definition) is 6. The van der Waals surface area contributed by atoms with Crippen molar-refractivity contribution in [3.8, 4) is 0 Å². The average Bonchev–Trinajstić information content (AvgIpc) is 2.47. The van der Waals surface area contributed by atoms with Gasteiger partial charge in [0.1, 0.15) is 17.2 Å². The Morgan fingerprint density at radius 1 is 1.36 bits per heavy atom. The van der Waals surface area contributed by atoms with Gasteiger partial charge < -0.3 is 16.0 Å². The van der Waals surface area contributed by atoms with Gasteiger partial charge in [0.25, 0.3) is 0 Å². The van der Waals surface area contributed by atoms with Crippen LogP contribution in [-0.4, -0.2) is 27.7 Å². The van der Waals surface area contributed by atoms with E-state index in [0.29, 0.717) is 35.1 Å². The lowest BCUT2D eigenvalue weighted by Gasteiger charge is -2.15. The van der Waals surface area contributed by atoms with Gasteiger partial charge >= 0.3 is 0 Å². The second-order valence-corrected chi connectivity index (χ2v) is 5.22. The third-order valence-corrected chi connectivity index (χ3v) is 3.25. The predicted octanol–water partition coefficient (Wildman–Crippen LogP) is 3.79. The second-order valence-electron chi connectivity index (χ2n) is 4.89. The molecule has 2 aromatic heterocycles. The van der Waals surface area contributed by atoms with Crippen LogP contribution in [0, 0.1) is 12.3 Å². The van der Waals surface area contributed by atoms with Crippen LogP contribution < -0.4 is 10.6 Å². The summed E-state index contributed by atoms with van der Waals surface area (Å²) in [5.41, 5.74) is 2.67. The number of aromatic nitrogens is 3. The number of nitrogens with zero attached hydrogens (tertiary/aromatic N) is 3. The molecule has 22 heavy (non-hydrogen) atoms. The van der Waals surface area contributed by atoms with Crippen molar-refractivity contribution < 1.29 is 0 Å². The van der Waals surface area contributed by atoms with E-state index in [0.717, 1.165) is 12.0 Å². The summed E-state index contributed by atoms with van der Waals surface area (Å²) in [7, 11) is 1.77. The monoisotopic (exact) mass is 318 g/mol. The highest BCUT2D eigenvalue weighted by atomic mass is 35.5. The molecule has 0 aliphatic rings. The fourth-order valence-electron chi connectivity index (χ4n) is 2.07. The lowest BCUT2D eigenvalue weighted by Crippen LogP contribution is -2.11. The molecule has 0 saturated carbocycles. The Bertz CT molecular complexity index is 686. The van der Waals surface area contributed by atoms with E-state index in [9.17, 15) is 0 Å². The van der Waals surface area contributed by atoms with Crippen LogP contribution in [0.25, 0.3) is 0 Å². The van der Waals surface area contributed by atoms with E-state index in [1.165, 1.54) is 0 Å². The third-order valence-electron chi connectivity index (χ3n) is 3.08. The van der Waals surface area contributed by atoms with Crippen molar-refractivity contribution in [2.24, 2.45) is 0 Å². The number of aryl methyl sites for hydroxylation is 1. The van der Waals surface area contributed by atoms with Gasteiger partial charge in [-0.25, -0.2) is 9.97 Å². The summed E-state index contributed by atoms with van der Waals surface area (Å²) in [6.45, 7) is 4.01. The molecule has 0 fully saturated rings. The first-order valence-corrected chi connectivity index (χ1v) is 7.45. The van der Waals surface area contributed by atoms with E-state index in [1.54, 1.807) is 13.2 Å². The van der Waals surface area contributed by atoms with Crippen molar-refractivity contribution in [1.29, 1.82) is 5.41 Å². The number of pyridine rings is 1. The minimum Gasteiger partial charge on any atom is -0.383 e. The van der Waals surface area contributed by atoms with Crippen LogP contribution in [0.15, 0.2) is 18.3 Å². The molecule has 2 aromatic rings. The Hall–Kier alpha value is -2.21. The molecule has 0 amide bonds. The highest BCUT2D eigenvalue weighted by Gasteiger charge is 2.16. The number of rotatable bonds is 6. The maximum absolute atomic E-state index is 8.15. The molecular formula is C15H19ClN6. The molecule has 0 aromatic carbocycles. The van der Waals surface area contributed by atoms with Crippen LogP contribution in [0.1, 0.15) is 31.0 Å². The molecule has 0 atom stereocenters. The van der Waals surface area contributed by atoms with E-state index >= 15 is 0 Å². The Labute approximate surface area is 134 Å². The number of nitrogens with one attached hydrogen (secondary N) is 3. The van der Waals surface area contributed by atoms with E-state index in [2.05, 4.69) is 25.6 Å². The zero-order chi connectivity index (χ0) is 16.1. The van der Waals surface area contributed by atoms with Crippen LogP contribution in [0.4, 0.5) is 17.3 Å².